The molecule has 1 fully saturated rings. The first-order valence-electron chi connectivity index (χ1n) is 4.94. The number of thioether (sulfide) groups is 1. The second-order valence-electron chi connectivity index (χ2n) is 3.18. The summed E-state index contributed by atoms with van der Waals surface area (Å²) in [7, 11) is 0. The Hall–Kier alpha value is -0.380. The molecule has 0 aromatic carbocycles. The topological polar surface area (TPSA) is 41.6 Å². The molecule has 2 N–H and O–H groups in total. The first kappa shape index (κ1) is 10.7. The van der Waals surface area contributed by atoms with E-state index in [1.165, 1.54) is 12.2 Å². The van der Waals surface area contributed by atoms with Crippen molar-refractivity contribution < 1.29 is 0 Å². The van der Waals surface area contributed by atoms with Crippen LogP contribution in [0.2, 0.25) is 0 Å². The zero-order chi connectivity index (χ0) is 9.68. The zero-order valence-electron chi connectivity index (χ0n) is 8.49. The van der Waals surface area contributed by atoms with E-state index in [2.05, 4.69) is 28.6 Å². The Morgan fingerprint density at radius 3 is 3.00 bits per heavy atom. The summed E-state index contributed by atoms with van der Waals surface area (Å²) in [4.78, 5) is 6.43. The predicted octanol–water partition coefficient (Wildman–Crippen LogP) is 1.15. The van der Waals surface area contributed by atoms with Gasteiger partial charge in [0.1, 0.15) is 0 Å². The Kier molecular flexibility index (Phi) is 4.42. The highest BCUT2D eigenvalue weighted by Gasteiger charge is 2.19. The Bertz CT molecular complexity index is 182. The second kappa shape index (κ2) is 5.37. The van der Waals surface area contributed by atoms with E-state index in [9.17, 15) is 0 Å². The number of aliphatic imine (C=N–C) groups is 1. The van der Waals surface area contributed by atoms with Crippen LogP contribution in [0, 0.1) is 0 Å². The van der Waals surface area contributed by atoms with Gasteiger partial charge in [-0.2, -0.15) is 11.8 Å². The van der Waals surface area contributed by atoms with E-state index < -0.39 is 0 Å². The van der Waals surface area contributed by atoms with Gasteiger partial charge in [-0.3, -0.25) is 4.99 Å². The number of guanidine groups is 1. The van der Waals surface area contributed by atoms with Crippen molar-refractivity contribution in [1.82, 2.24) is 4.90 Å². The van der Waals surface area contributed by atoms with E-state index in [4.69, 9.17) is 5.73 Å². The van der Waals surface area contributed by atoms with Gasteiger partial charge in [-0.15, -0.1) is 0 Å². The minimum Gasteiger partial charge on any atom is -0.370 e. The van der Waals surface area contributed by atoms with Gasteiger partial charge in [0.2, 0.25) is 0 Å². The van der Waals surface area contributed by atoms with Crippen molar-refractivity contribution in [3.63, 3.8) is 0 Å². The largest absolute Gasteiger partial charge is 0.370 e. The maximum Gasteiger partial charge on any atom is 0.191 e. The van der Waals surface area contributed by atoms with Gasteiger partial charge in [0.15, 0.2) is 5.96 Å². The van der Waals surface area contributed by atoms with Crippen LogP contribution in [0.5, 0.6) is 0 Å². The van der Waals surface area contributed by atoms with Gasteiger partial charge in [-0.1, -0.05) is 6.92 Å². The van der Waals surface area contributed by atoms with Crippen molar-refractivity contribution in [3.05, 3.63) is 0 Å². The summed E-state index contributed by atoms with van der Waals surface area (Å²) in [6.45, 7) is 7.15. The molecule has 1 aliphatic rings. The average molecular weight is 201 g/mol. The summed E-state index contributed by atoms with van der Waals surface area (Å²) >= 11 is 2.05. The summed E-state index contributed by atoms with van der Waals surface area (Å²) in [6.07, 6.45) is 1.22. The first-order valence-corrected chi connectivity index (χ1v) is 5.99. The molecule has 13 heavy (non-hydrogen) atoms. The SMILES string of the molecule is CCN=C(N)N1CCSC(CC)C1. The molecule has 3 nitrogen and oxygen atoms in total. The van der Waals surface area contributed by atoms with Crippen LogP contribution in [0.15, 0.2) is 4.99 Å². The smallest absolute Gasteiger partial charge is 0.191 e. The molecule has 0 aromatic heterocycles. The maximum absolute atomic E-state index is 5.84. The molecule has 0 bridgehead atoms. The average Bonchev–Trinajstić information content (AvgIpc) is 2.18. The minimum absolute atomic E-state index is 0.723. The molecule has 0 aliphatic carbocycles. The van der Waals surface area contributed by atoms with Crippen molar-refractivity contribution in [3.8, 4) is 0 Å². The number of rotatable bonds is 2. The molecular formula is C9H19N3S. The van der Waals surface area contributed by atoms with Gasteiger partial charge in [-0.25, -0.2) is 0 Å². The highest BCUT2D eigenvalue weighted by molar-refractivity contribution is 8.00. The highest BCUT2D eigenvalue weighted by atomic mass is 32.2. The minimum atomic E-state index is 0.723. The molecule has 0 amide bonds. The van der Waals surface area contributed by atoms with E-state index in [0.29, 0.717) is 0 Å². The maximum atomic E-state index is 5.84. The molecule has 76 valence electrons. The lowest BCUT2D eigenvalue weighted by molar-refractivity contribution is 0.418. The molecule has 4 heteroatoms. The third kappa shape index (κ3) is 3.10. The Balaban J connectivity index is 2.46. The number of hydrogen-bond acceptors (Lipinski definition) is 2. The van der Waals surface area contributed by atoms with Crippen LogP contribution in [0.25, 0.3) is 0 Å². The van der Waals surface area contributed by atoms with Crippen molar-refractivity contribution in [2.24, 2.45) is 10.7 Å². The van der Waals surface area contributed by atoms with Gasteiger partial charge in [-0.05, 0) is 13.3 Å². The van der Waals surface area contributed by atoms with E-state index in [1.807, 2.05) is 6.92 Å². The lowest BCUT2D eigenvalue weighted by Gasteiger charge is -2.32. The van der Waals surface area contributed by atoms with Crippen molar-refractivity contribution in [2.45, 2.75) is 25.5 Å². The fourth-order valence-corrected chi connectivity index (χ4v) is 2.62. The molecule has 1 unspecified atom stereocenters. The molecule has 0 radical (unpaired) electrons. The molecular weight excluding hydrogens is 182 g/mol. The highest BCUT2D eigenvalue weighted by Crippen LogP contribution is 2.20. The molecule has 0 spiro atoms. The predicted molar refractivity (Wildman–Crippen MR) is 60.3 cm³/mol. The number of nitrogens with zero attached hydrogens (tertiary/aromatic N) is 2. The summed E-state index contributed by atoms with van der Waals surface area (Å²) < 4.78 is 0. The lowest BCUT2D eigenvalue weighted by Crippen LogP contribution is -2.45. The van der Waals surface area contributed by atoms with Crippen molar-refractivity contribution >= 4 is 17.7 Å². The fraction of sp³-hybridized carbons (Fsp3) is 0.889. The van der Waals surface area contributed by atoms with Crippen LogP contribution >= 0.6 is 11.8 Å². The lowest BCUT2D eigenvalue weighted by atomic mass is 10.3. The molecule has 1 heterocycles. The Morgan fingerprint density at radius 1 is 1.62 bits per heavy atom. The second-order valence-corrected chi connectivity index (χ2v) is 4.59. The van der Waals surface area contributed by atoms with Crippen molar-refractivity contribution in [2.75, 3.05) is 25.4 Å². The summed E-state index contributed by atoms with van der Waals surface area (Å²) in [5, 5.41) is 0.736. The van der Waals surface area contributed by atoms with E-state index >= 15 is 0 Å². The van der Waals surface area contributed by atoms with Gasteiger partial charge >= 0.3 is 0 Å². The Morgan fingerprint density at radius 2 is 2.38 bits per heavy atom. The zero-order valence-corrected chi connectivity index (χ0v) is 9.31. The van der Waals surface area contributed by atoms with Crippen LogP contribution in [0.4, 0.5) is 0 Å². The van der Waals surface area contributed by atoms with Crippen LogP contribution in [0.1, 0.15) is 20.3 Å². The molecule has 1 saturated heterocycles. The van der Waals surface area contributed by atoms with Gasteiger partial charge < -0.3 is 10.6 Å². The summed E-state index contributed by atoms with van der Waals surface area (Å²) in [5.41, 5.74) is 5.84. The van der Waals surface area contributed by atoms with E-state index in [1.54, 1.807) is 0 Å². The summed E-state index contributed by atoms with van der Waals surface area (Å²) in [5.74, 6) is 1.90. The molecule has 1 rings (SSSR count). The molecule has 1 atom stereocenters. The third-order valence-corrected chi connectivity index (χ3v) is 3.61. The van der Waals surface area contributed by atoms with Crippen LogP contribution in [-0.2, 0) is 0 Å². The van der Waals surface area contributed by atoms with Crippen LogP contribution in [0.3, 0.4) is 0 Å². The number of hydrogen-bond donors (Lipinski definition) is 1. The first-order chi connectivity index (χ1) is 6.27. The van der Waals surface area contributed by atoms with Crippen molar-refractivity contribution in [1.29, 1.82) is 0 Å². The summed E-state index contributed by atoms with van der Waals surface area (Å²) in [6, 6.07) is 0. The molecule has 0 saturated carbocycles. The molecule has 1 aliphatic heterocycles. The van der Waals surface area contributed by atoms with Gasteiger partial charge in [0.25, 0.3) is 0 Å². The Labute approximate surface area is 84.8 Å². The molecule has 0 aromatic rings. The van der Waals surface area contributed by atoms with E-state index in [-0.39, 0.29) is 0 Å². The van der Waals surface area contributed by atoms with Gasteiger partial charge in [0.05, 0.1) is 0 Å². The van der Waals surface area contributed by atoms with E-state index in [0.717, 1.165) is 30.8 Å². The quantitative estimate of drug-likeness (QED) is 0.538. The van der Waals surface area contributed by atoms with Crippen LogP contribution < -0.4 is 5.73 Å². The van der Waals surface area contributed by atoms with Gasteiger partial charge in [0, 0.05) is 30.6 Å². The standard InChI is InChI=1S/C9H19N3S/c1-3-8-7-12(5-6-13-8)9(10)11-4-2/h8H,3-7H2,1-2H3,(H2,10,11). The monoisotopic (exact) mass is 201 g/mol. The fourth-order valence-electron chi connectivity index (χ4n) is 1.44. The third-order valence-electron chi connectivity index (χ3n) is 2.24. The van der Waals surface area contributed by atoms with Crippen LogP contribution in [-0.4, -0.2) is 41.5 Å². The normalized spacial score (nSPS) is 24.9. The number of nitrogens with two attached hydrogens (primary N) is 1.